The second-order valence-corrected chi connectivity index (χ2v) is 5.34. The zero-order valence-corrected chi connectivity index (χ0v) is 13.5. The molecule has 0 bridgehead atoms. The van der Waals surface area contributed by atoms with Gasteiger partial charge in [-0.25, -0.2) is 0 Å². The molecule has 1 aromatic carbocycles. The largest absolute Gasteiger partial charge is 0.504 e. The van der Waals surface area contributed by atoms with E-state index in [1.54, 1.807) is 12.1 Å². The van der Waals surface area contributed by atoms with Gasteiger partial charge < -0.3 is 25.2 Å². The van der Waals surface area contributed by atoms with Gasteiger partial charge >= 0.3 is 5.97 Å². The summed E-state index contributed by atoms with van der Waals surface area (Å²) >= 11 is 5.14. The zero-order valence-electron chi connectivity index (χ0n) is 12.7. The summed E-state index contributed by atoms with van der Waals surface area (Å²) in [6.45, 7) is 7.50. The highest BCUT2D eigenvalue weighted by molar-refractivity contribution is 7.80. The van der Waals surface area contributed by atoms with Crippen molar-refractivity contribution in [2.24, 2.45) is 5.92 Å². The van der Waals surface area contributed by atoms with Crippen molar-refractivity contribution in [3.05, 3.63) is 48.7 Å². The smallest absolute Gasteiger partial charge is 0.317 e. The van der Waals surface area contributed by atoms with Crippen LogP contribution in [-0.2, 0) is 9.53 Å². The lowest BCUT2D eigenvalue weighted by molar-refractivity contribution is -0.147. The fraction of sp³-hybridized carbons (Fsp3) is 0.250. The molecular weight excluding hydrogens is 316 g/mol. The van der Waals surface area contributed by atoms with E-state index in [4.69, 9.17) is 21.7 Å². The Kier molecular flexibility index (Phi) is 5.23. The maximum Gasteiger partial charge on any atom is 0.317 e. The number of phenols is 1. The van der Waals surface area contributed by atoms with Gasteiger partial charge in [0.1, 0.15) is 12.5 Å². The Morgan fingerprint density at radius 3 is 2.91 bits per heavy atom. The number of aromatic hydroxyl groups is 1. The van der Waals surface area contributed by atoms with Gasteiger partial charge in [0.15, 0.2) is 16.6 Å². The SMILES string of the molecule is C=CCOC(=O)[C@H]1C(=C)NC(=S)N[C@@H]1c1ccc(O)c(OC)c1. The zero-order chi connectivity index (χ0) is 17.0. The van der Waals surface area contributed by atoms with E-state index in [0.29, 0.717) is 22.1 Å². The number of hydrogen-bond acceptors (Lipinski definition) is 5. The van der Waals surface area contributed by atoms with Crippen molar-refractivity contribution in [1.29, 1.82) is 0 Å². The van der Waals surface area contributed by atoms with Gasteiger partial charge in [-0.3, -0.25) is 4.79 Å². The van der Waals surface area contributed by atoms with Crippen LogP contribution in [0.1, 0.15) is 11.6 Å². The molecule has 23 heavy (non-hydrogen) atoms. The van der Waals surface area contributed by atoms with E-state index in [1.165, 1.54) is 19.3 Å². The molecule has 1 fully saturated rings. The van der Waals surface area contributed by atoms with Crippen LogP contribution in [-0.4, -0.2) is 29.9 Å². The molecule has 0 aromatic heterocycles. The summed E-state index contributed by atoms with van der Waals surface area (Å²) in [6.07, 6.45) is 1.49. The van der Waals surface area contributed by atoms with E-state index >= 15 is 0 Å². The molecule has 122 valence electrons. The summed E-state index contributed by atoms with van der Waals surface area (Å²) in [5.41, 5.74) is 1.16. The topological polar surface area (TPSA) is 79.8 Å². The molecule has 3 N–H and O–H groups in total. The van der Waals surface area contributed by atoms with Crippen molar-refractivity contribution in [3.8, 4) is 11.5 Å². The average molecular weight is 334 g/mol. The molecule has 1 saturated heterocycles. The minimum atomic E-state index is -0.684. The van der Waals surface area contributed by atoms with Gasteiger partial charge in [0.05, 0.1) is 13.2 Å². The lowest BCUT2D eigenvalue weighted by Gasteiger charge is -2.34. The number of nitrogens with one attached hydrogen (secondary N) is 2. The first kappa shape index (κ1) is 16.8. The third-order valence-electron chi connectivity index (χ3n) is 3.43. The van der Waals surface area contributed by atoms with Gasteiger partial charge in [0, 0.05) is 5.70 Å². The molecule has 0 aliphatic carbocycles. The Hall–Kier alpha value is -2.54. The third-order valence-corrected chi connectivity index (χ3v) is 3.65. The minimum absolute atomic E-state index is 0.0115. The monoisotopic (exact) mass is 334 g/mol. The molecule has 0 radical (unpaired) electrons. The van der Waals surface area contributed by atoms with Crippen LogP contribution >= 0.6 is 12.2 Å². The molecule has 0 spiro atoms. The second-order valence-electron chi connectivity index (χ2n) is 4.93. The summed E-state index contributed by atoms with van der Waals surface area (Å²) < 4.78 is 10.3. The molecule has 0 amide bonds. The van der Waals surface area contributed by atoms with Crippen LogP contribution in [0.4, 0.5) is 0 Å². The Bertz CT molecular complexity index is 659. The Morgan fingerprint density at radius 2 is 2.26 bits per heavy atom. The Labute approximate surface area is 139 Å². The maximum absolute atomic E-state index is 12.3. The second kappa shape index (κ2) is 7.15. The molecule has 1 aromatic rings. The predicted octanol–water partition coefficient (Wildman–Crippen LogP) is 1.78. The van der Waals surface area contributed by atoms with E-state index in [0.717, 1.165) is 0 Å². The van der Waals surface area contributed by atoms with Crippen LogP contribution in [0, 0.1) is 5.92 Å². The van der Waals surface area contributed by atoms with Crippen LogP contribution in [0.5, 0.6) is 11.5 Å². The van der Waals surface area contributed by atoms with Gasteiger partial charge in [-0.05, 0) is 29.9 Å². The maximum atomic E-state index is 12.3. The first-order valence-corrected chi connectivity index (χ1v) is 7.29. The van der Waals surface area contributed by atoms with E-state index in [2.05, 4.69) is 23.8 Å². The molecule has 2 rings (SSSR count). The molecule has 6 nitrogen and oxygen atoms in total. The quantitative estimate of drug-likeness (QED) is 0.430. The first-order valence-electron chi connectivity index (χ1n) is 6.88. The number of esters is 1. The number of methoxy groups -OCH3 is 1. The van der Waals surface area contributed by atoms with Crippen molar-refractivity contribution in [1.82, 2.24) is 10.6 Å². The van der Waals surface area contributed by atoms with Crippen molar-refractivity contribution in [3.63, 3.8) is 0 Å². The summed E-state index contributed by atoms with van der Waals surface area (Å²) in [5, 5.41) is 16.0. The Morgan fingerprint density at radius 1 is 1.52 bits per heavy atom. The first-order chi connectivity index (χ1) is 11.0. The number of benzene rings is 1. The van der Waals surface area contributed by atoms with Crippen molar-refractivity contribution in [2.75, 3.05) is 13.7 Å². The number of rotatable bonds is 5. The van der Waals surface area contributed by atoms with Crippen molar-refractivity contribution in [2.45, 2.75) is 6.04 Å². The third kappa shape index (κ3) is 3.62. The van der Waals surface area contributed by atoms with E-state index < -0.39 is 17.9 Å². The van der Waals surface area contributed by atoms with Crippen molar-refractivity contribution < 1.29 is 19.4 Å². The van der Waals surface area contributed by atoms with Gasteiger partial charge in [-0.1, -0.05) is 25.3 Å². The van der Waals surface area contributed by atoms with Crippen LogP contribution in [0.15, 0.2) is 43.1 Å². The molecular formula is C16H18N2O4S. The number of hydrogen-bond donors (Lipinski definition) is 3. The highest BCUT2D eigenvalue weighted by atomic mass is 32.1. The number of carbonyl (C=O) groups is 1. The summed E-state index contributed by atoms with van der Waals surface area (Å²) in [7, 11) is 1.45. The fourth-order valence-electron chi connectivity index (χ4n) is 2.36. The van der Waals surface area contributed by atoms with Gasteiger partial charge in [0.25, 0.3) is 0 Å². The van der Waals surface area contributed by atoms with Crippen LogP contribution in [0.2, 0.25) is 0 Å². The average Bonchev–Trinajstić information content (AvgIpc) is 2.52. The summed E-state index contributed by atoms with van der Waals surface area (Å²) in [5.74, 6) is -0.819. The van der Waals surface area contributed by atoms with Gasteiger partial charge in [-0.15, -0.1) is 0 Å². The number of thiocarbonyl (C=S) groups is 1. The number of carbonyl (C=O) groups excluding carboxylic acids is 1. The summed E-state index contributed by atoms with van der Waals surface area (Å²) in [6, 6.07) is 4.34. The van der Waals surface area contributed by atoms with Crippen molar-refractivity contribution >= 4 is 23.3 Å². The van der Waals surface area contributed by atoms with Gasteiger partial charge in [0.2, 0.25) is 0 Å². The molecule has 0 saturated carbocycles. The van der Waals surface area contributed by atoms with E-state index in [9.17, 15) is 9.90 Å². The number of phenolic OH excluding ortho intramolecular Hbond substituents is 1. The molecule has 7 heteroatoms. The van der Waals surface area contributed by atoms with Crippen LogP contribution < -0.4 is 15.4 Å². The van der Waals surface area contributed by atoms with Gasteiger partial charge in [-0.2, -0.15) is 0 Å². The molecule has 0 unspecified atom stereocenters. The van der Waals surface area contributed by atoms with E-state index in [1.807, 2.05) is 0 Å². The molecule has 1 heterocycles. The Balaban J connectivity index is 2.37. The predicted molar refractivity (Wildman–Crippen MR) is 90.1 cm³/mol. The lowest BCUT2D eigenvalue weighted by Crippen LogP contribution is -2.51. The van der Waals surface area contributed by atoms with Crippen LogP contribution in [0.25, 0.3) is 0 Å². The number of ether oxygens (including phenoxy) is 2. The highest BCUT2D eigenvalue weighted by Gasteiger charge is 2.38. The molecule has 1 aliphatic heterocycles. The summed E-state index contributed by atoms with van der Waals surface area (Å²) in [4.78, 5) is 12.3. The van der Waals surface area contributed by atoms with E-state index in [-0.39, 0.29) is 12.4 Å². The molecule has 2 atom stereocenters. The van der Waals surface area contributed by atoms with Crippen LogP contribution in [0.3, 0.4) is 0 Å². The normalized spacial score (nSPS) is 20.2. The fourth-order valence-corrected chi connectivity index (χ4v) is 2.62. The minimum Gasteiger partial charge on any atom is -0.504 e. The standard InChI is InChI=1S/C16H18N2O4S/c1-4-7-22-15(20)13-9(2)17-16(23)18-14(13)10-5-6-11(19)12(8-10)21-3/h4-6,8,13-14,19H,1-2,7H2,3H3,(H2,17,18,23)/t13-,14+/m0/s1. The lowest BCUT2D eigenvalue weighted by atomic mass is 9.89. The highest BCUT2D eigenvalue weighted by Crippen LogP contribution is 2.35. The molecule has 1 aliphatic rings.